The molecule has 0 saturated carbocycles. The van der Waals surface area contributed by atoms with Crippen LogP contribution in [0.5, 0.6) is 0 Å². The molecule has 1 atom stereocenters. The number of nitrogens with one attached hydrogen (secondary N) is 2. The third kappa shape index (κ3) is 3.77. The first-order valence-corrected chi connectivity index (χ1v) is 10.7. The van der Waals surface area contributed by atoms with Gasteiger partial charge < -0.3 is 20.1 Å². The topological polar surface area (TPSA) is 75.7 Å². The molecular formula is C23H25FN4O3. The highest BCUT2D eigenvalue weighted by Gasteiger charge is 2.36. The predicted molar refractivity (Wildman–Crippen MR) is 116 cm³/mol. The average Bonchev–Trinajstić information content (AvgIpc) is 3.30. The van der Waals surface area contributed by atoms with E-state index in [1.54, 1.807) is 12.3 Å². The van der Waals surface area contributed by atoms with Crippen molar-refractivity contribution in [1.29, 1.82) is 0 Å². The Bertz CT molecular complexity index is 1050. The normalized spacial score (nSPS) is 22.6. The molecule has 5 rings (SSSR count). The smallest absolute Gasteiger partial charge is 0.260 e. The van der Waals surface area contributed by atoms with Gasteiger partial charge in [0.1, 0.15) is 23.5 Å². The molecule has 3 aliphatic rings. The van der Waals surface area contributed by atoms with Crippen molar-refractivity contribution in [2.75, 3.05) is 50.0 Å². The summed E-state index contributed by atoms with van der Waals surface area (Å²) in [6.07, 6.45) is 2.32. The summed E-state index contributed by atoms with van der Waals surface area (Å²) in [5.74, 6) is 0.571. The number of nitrogens with zero attached hydrogens (tertiary/aromatic N) is 2. The Morgan fingerprint density at radius 1 is 1.26 bits per heavy atom. The van der Waals surface area contributed by atoms with E-state index in [0.29, 0.717) is 22.6 Å². The van der Waals surface area contributed by atoms with Gasteiger partial charge in [-0.15, -0.1) is 0 Å². The van der Waals surface area contributed by atoms with Crippen LogP contribution in [-0.2, 0) is 14.3 Å². The second-order valence-corrected chi connectivity index (χ2v) is 7.90. The molecule has 8 heteroatoms. The Labute approximate surface area is 180 Å². The van der Waals surface area contributed by atoms with Crippen molar-refractivity contribution >= 4 is 28.7 Å². The first kappa shape index (κ1) is 20.0. The molecule has 2 aromatic rings. The van der Waals surface area contributed by atoms with Crippen molar-refractivity contribution in [2.24, 2.45) is 0 Å². The summed E-state index contributed by atoms with van der Waals surface area (Å²) in [5.41, 5.74) is 3.25. The number of morpholine rings is 1. The molecule has 0 aliphatic carbocycles. The zero-order valence-corrected chi connectivity index (χ0v) is 17.4. The van der Waals surface area contributed by atoms with Crippen molar-refractivity contribution in [1.82, 2.24) is 9.88 Å². The van der Waals surface area contributed by atoms with Gasteiger partial charge in [0.05, 0.1) is 18.8 Å². The van der Waals surface area contributed by atoms with Gasteiger partial charge in [-0.3, -0.25) is 9.69 Å². The molecular weight excluding hydrogens is 399 g/mol. The zero-order chi connectivity index (χ0) is 21.4. The monoisotopic (exact) mass is 424 g/mol. The van der Waals surface area contributed by atoms with E-state index in [2.05, 4.69) is 20.5 Å². The van der Waals surface area contributed by atoms with Gasteiger partial charge >= 0.3 is 0 Å². The number of aromatic nitrogens is 1. The average molecular weight is 424 g/mol. The molecule has 1 amide bonds. The Morgan fingerprint density at radius 2 is 2.10 bits per heavy atom. The lowest BCUT2D eigenvalue weighted by molar-refractivity contribution is -0.110. The maximum atomic E-state index is 13.9. The minimum Gasteiger partial charge on any atom is -0.484 e. The van der Waals surface area contributed by atoms with Crippen molar-refractivity contribution in [3.8, 4) is 0 Å². The number of benzene rings is 1. The minimum absolute atomic E-state index is 0.175. The minimum atomic E-state index is -0.392. The molecule has 2 N–H and O–H groups in total. The van der Waals surface area contributed by atoms with Gasteiger partial charge in [-0.25, -0.2) is 9.37 Å². The van der Waals surface area contributed by atoms with E-state index in [9.17, 15) is 9.18 Å². The van der Waals surface area contributed by atoms with E-state index in [1.807, 2.05) is 13.0 Å². The molecule has 3 aliphatic heterocycles. The van der Waals surface area contributed by atoms with Gasteiger partial charge in [0.2, 0.25) is 0 Å². The van der Waals surface area contributed by atoms with Crippen molar-refractivity contribution < 1.29 is 18.7 Å². The highest BCUT2D eigenvalue weighted by Crippen LogP contribution is 2.46. The number of carbonyl (C=O) groups excluding carboxylic acids is 1. The molecule has 162 valence electrons. The number of carbonyl (C=O) groups is 1. The number of ether oxygens (including phenoxy) is 2. The second-order valence-electron chi connectivity index (χ2n) is 7.90. The van der Waals surface area contributed by atoms with Gasteiger partial charge in [-0.05, 0) is 30.7 Å². The zero-order valence-electron chi connectivity index (χ0n) is 17.4. The Hall–Kier alpha value is -2.97. The maximum Gasteiger partial charge on any atom is 0.260 e. The van der Waals surface area contributed by atoms with Gasteiger partial charge in [-0.2, -0.15) is 0 Å². The van der Waals surface area contributed by atoms with Gasteiger partial charge in [0.15, 0.2) is 0 Å². The summed E-state index contributed by atoms with van der Waals surface area (Å²) in [7, 11) is 0. The van der Waals surface area contributed by atoms with Crippen LogP contribution in [0.3, 0.4) is 0 Å². The summed E-state index contributed by atoms with van der Waals surface area (Å²) < 4.78 is 25.4. The van der Waals surface area contributed by atoms with E-state index in [0.717, 1.165) is 62.8 Å². The lowest BCUT2D eigenvalue weighted by atomic mass is 10.00. The maximum absolute atomic E-state index is 13.9. The highest BCUT2D eigenvalue weighted by molar-refractivity contribution is 6.36. The number of hydrogen-bond donors (Lipinski definition) is 2. The number of hydrogen-bond acceptors (Lipinski definition) is 6. The van der Waals surface area contributed by atoms with Crippen LogP contribution in [0.15, 0.2) is 30.5 Å². The van der Waals surface area contributed by atoms with Crippen LogP contribution < -0.4 is 10.6 Å². The SMILES string of the molecule is CCC1O/C(=C2/C(=O)Nc3ccc(F)cc32)c2cnc(NCCN3CCOCC3)cc21. The molecule has 1 aromatic carbocycles. The standard InChI is InChI=1S/C23H25FN4O3/c1-2-19-15-12-20(25-5-6-28-7-9-30-10-8-28)26-13-17(15)22(31-19)21-16-11-14(24)3-4-18(16)27-23(21)29/h3-4,11-13,19H,2,5-10H2,1H3,(H,25,26)(H,27,29)/b22-21+. The molecule has 0 bridgehead atoms. The van der Waals surface area contributed by atoms with Crippen molar-refractivity contribution in [3.63, 3.8) is 0 Å². The number of amides is 1. The summed E-state index contributed by atoms with van der Waals surface area (Å²) in [6, 6.07) is 6.27. The second kappa shape index (κ2) is 8.28. The molecule has 4 heterocycles. The third-order valence-corrected chi connectivity index (χ3v) is 5.95. The van der Waals surface area contributed by atoms with E-state index in [1.165, 1.54) is 12.1 Å². The van der Waals surface area contributed by atoms with Crippen molar-refractivity contribution in [2.45, 2.75) is 19.4 Å². The summed E-state index contributed by atoms with van der Waals surface area (Å²) in [6.45, 7) is 7.21. The lowest BCUT2D eigenvalue weighted by Gasteiger charge is -2.26. The number of fused-ring (bicyclic) bond motifs is 2. The molecule has 1 unspecified atom stereocenters. The summed E-state index contributed by atoms with van der Waals surface area (Å²) >= 11 is 0. The van der Waals surface area contributed by atoms with Crippen molar-refractivity contribution in [3.05, 3.63) is 53.0 Å². The quantitative estimate of drug-likeness (QED) is 0.718. The molecule has 7 nitrogen and oxygen atoms in total. The number of rotatable bonds is 5. The fraction of sp³-hybridized carbons (Fsp3) is 0.391. The summed E-state index contributed by atoms with van der Waals surface area (Å²) in [4.78, 5) is 19.6. The van der Waals surface area contributed by atoms with Gasteiger partial charge in [0.25, 0.3) is 5.91 Å². The van der Waals surface area contributed by atoms with Crippen LogP contribution in [0.1, 0.15) is 36.1 Å². The molecule has 0 spiro atoms. The fourth-order valence-corrected chi connectivity index (χ4v) is 4.32. The van der Waals surface area contributed by atoms with Gasteiger partial charge in [0, 0.05) is 54.8 Å². The first-order chi connectivity index (χ1) is 15.1. The Kier molecular flexibility index (Phi) is 5.33. The van der Waals surface area contributed by atoms with Gasteiger partial charge in [-0.1, -0.05) is 6.92 Å². The predicted octanol–water partition coefficient (Wildman–Crippen LogP) is 3.27. The molecule has 1 fully saturated rings. The fourth-order valence-electron chi connectivity index (χ4n) is 4.32. The van der Waals surface area contributed by atoms with Crippen LogP contribution in [0.4, 0.5) is 15.9 Å². The van der Waals surface area contributed by atoms with Crippen LogP contribution in [0.2, 0.25) is 0 Å². The molecule has 31 heavy (non-hydrogen) atoms. The summed E-state index contributed by atoms with van der Waals surface area (Å²) in [5, 5.41) is 6.18. The Balaban J connectivity index is 1.41. The Morgan fingerprint density at radius 3 is 2.90 bits per heavy atom. The van der Waals surface area contributed by atoms with Crippen LogP contribution >= 0.6 is 0 Å². The largest absolute Gasteiger partial charge is 0.484 e. The molecule has 1 aromatic heterocycles. The number of anilines is 2. The lowest BCUT2D eigenvalue weighted by Crippen LogP contribution is -2.39. The number of pyridine rings is 1. The van der Waals surface area contributed by atoms with E-state index in [-0.39, 0.29) is 12.0 Å². The van der Waals surface area contributed by atoms with E-state index >= 15 is 0 Å². The van der Waals surface area contributed by atoms with E-state index < -0.39 is 5.82 Å². The first-order valence-electron chi connectivity index (χ1n) is 10.7. The highest BCUT2D eigenvalue weighted by atomic mass is 19.1. The number of halogens is 1. The molecule has 1 saturated heterocycles. The molecule has 0 radical (unpaired) electrons. The van der Waals surface area contributed by atoms with Crippen LogP contribution in [0, 0.1) is 5.82 Å². The van der Waals surface area contributed by atoms with Crippen LogP contribution in [-0.4, -0.2) is 55.2 Å². The van der Waals surface area contributed by atoms with E-state index in [4.69, 9.17) is 9.47 Å². The van der Waals surface area contributed by atoms with Crippen LogP contribution in [0.25, 0.3) is 11.3 Å². The third-order valence-electron chi connectivity index (χ3n) is 5.95.